The smallest absolute Gasteiger partial charge is 0.309 e. The minimum atomic E-state index is -0.613. The zero-order valence-electron chi connectivity index (χ0n) is 20.5. The van der Waals surface area contributed by atoms with Crippen LogP contribution in [0.4, 0.5) is 0 Å². The zero-order valence-corrected chi connectivity index (χ0v) is 20.5. The van der Waals surface area contributed by atoms with Crippen molar-refractivity contribution < 1.29 is 33.6 Å². The van der Waals surface area contributed by atoms with Gasteiger partial charge >= 0.3 is 5.97 Å². The highest BCUT2D eigenvalue weighted by Gasteiger charge is 2.59. The lowest BCUT2D eigenvalue weighted by Crippen LogP contribution is -2.25. The molecular weight excluding hydrogens is 412 g/mol. The first-order valence-electron chi connectivity index (χ1n) is 12.0. The predicted octanol–water partition coefficient (Wildman–Crippen LogP) is 4.57. The molecule has 0 unspecified atom stereocenters. The molecule has 4 saturated carbocycles. The SMILES string of the molecule is COC(CC12CCC(C(=O)O)(CC1)C2)OC.COC(CC12CCC(C(C)=O)(CC1)C2)OC. The van der Waals surface area contributed by atoms with E-state index in [2.05, 4.69) is 0 Å². The van der Waals surface area contributed by atoms with Gasteiger partial charge in [0.2, 0.25) is 0 Å². The van der Waals surface area contributed by atoms with Crippen molar-refractivity contribution in [2.75, 3.05) is 28.4 Å². The molecule has 1 N–H and O–H groups in total. The molecule has 0 atom stereocenters. The van der Waals surface area contributed by atoms with Crippen molar-refractivity contribution in [3.05, 3.63) is 0 Å². The number of rotatable bonds is 10. The van der Waals surface area contributed by atoms with E-state index in [1.807, 2.05) is 0 Å². The van der Waals surface area contributed by atoms with Crippen LogP contribution in [0.5, 0.6) is 0 Å². The highest BCUT2D eigenvalue weighted by Crippen LogP contribution is 2.64. The maximum Gasteiger partial charge on any atom is 0.309 e. The molecule has 0 saturated heterocycles. The number of hydrogen-bond acceptors (Lipinski definition) is 6. The molecule has 4 bridgehead atoms. The largest absolute Gasteiger partial charge is 0.481 e. The molecule has 4 aliphatic rings. The first-order valence-corrected chi connectivity index (χ1v) is 12.0. The number of carboxylic acids is 1. The van der Waals surface area contributed by atoms with Crippen molar-refractivity contribution in [3.63, 3.8) is 0 Å². The van der Waals surface area contributed by atoms with Crippen molar-refractivity contribution in [3.8, 4) is 0 Å². The molecule has 7 heteroatoms. The van der Waals surface area contributed by atoms with Gasteiger partial charge in [0.1, 0.15) is 5.78 Å². The molecule has 0 aromatic heterocycles. The van der Waals surface area contributed by atoms with E-state index in [1.165, 1.54) is 0 Å². The molecule has 0 aromatic carbocycles. The van der Waals surface area contributed by atoms with E-state index in [1.54, 1.807) is 35.4 Å². The Morgan fingerprint density at radius 2 is 1.03 bits per heavy atom. The summed E-state index contributed by atoms with van der Waals surface area (Å²) in [5.41, 5.74) is 0.0233. The Hall–Kier alpha value is -1.02. The first-order chi connectivity index (χ1) is 15.1. The van der Waals surface area contributed by atoms with Gasteiger partial charge < -0.3 is 24.1 Å². The second-order valence-electron chi connectivity index (χ2n) is 11.0. The molecule has 0 spiro atoms. The van der Waals surface area contributed by atoms with Gasteiger partial charge in [-0.25, -0.2) is 0 Å². The molecular formula is C25H42O7. The van der Waals surface area contributed by atoms with E-state index in [0.29, 0.717) is 11.2 Å². The Bertz CT molecular complexity index is 606. The maximum absolute atomic E-state index is 11.7. The third-order valence-electron chi connectivity index (χ3n) is 9.41. The molecule has 0 aliphatic heterocycles. The van der Waals surface area contributed by atoms with Crippen LogP contribution >= 0.6 is 0 Å². The van der Waals surface area contributed by atoms with Crippen molar-refractivity contribution in [2.24, 2.45) is 21.7 Å². The number of ether oxygens (including phenoxy) is 4. The summed E-state index contributed by atoms with van der Waals surface area (Å²) in [5.74, 6) is -0.225. The van der Waals surface area contributed by atoms with Gasteiger partial charge in [-0.1, -0.05) is 0 Å². The average molecular weight is 455 g/mol. The summed E-state index contributed by atoms with van der Waals surface area (Å²) in [6.45, 7) is 1.76. The van der Waals surface area contributed by atoms with Crippen LogP contribution in [-0.2, 0) is 28.5 Å². The third kappa shape index (κ3) is 4.77. The van der Waals surface area contributed by atoms with E-state index in [0.717, 1.165) is 77.0 Å². The molecule has 4 fully saturated rings. The van der Waals surface area contributed by atoms with Crippen LogP contribution < -0.4 is 0 Å². The summed E-state index contributed by atoms with van der Waals surface area (Å²) < 4.78 is 21.0. The van der Waals surface area contributed by atoms with Crippen LogP contribution in [0, 0.1) is 21.7 Å². The lowest BCUT2D eigenvalue weighted by Gasteiger charge is -2.29. The van der Waals surface area contributed by atoms with Crippen molar-refractivity contribution in [2.45, 2.75) is 96.6 Å². The molecule has 0 aromatic rings. The van der Waals surface area contributed by atoms with Crippen LogP contribution in [0.15, 0.2) is 0 Å². The second-order valence-corrected chi connectivity index (χ2v) is 11.0. The van der Waals surface area contributed by atoms with Crippen LogP contribution in [0.25, 0.3) is 0 Å². The molecule has 7 nitrogen and oxygen atoms in total. The Morgan fingerprint density at radius 1 is 0.688 bits per heavy atom. The summed E-state index contributed by atoms with van der Waals surface area (Å²) in [6.07, 6.45) is 11.4. The second kappa shape index (κ2) is 9.69. The fourth-order valence-corrected chi connectivity index (χ4v) is 7.21. The third-order valence-corrected chi connectivity index (χ3v) is 9.41. The number of carbonyl (C=O) groups excluding carboxylic acids is 1. The van der Waals surface area contributed by atoms with E-state index in [4.69, 9.17) is 18.9 Å². The maximum atomic E-state index is 11.7. The van der Waals surface area contributed by atoms with Gasteiger partial charge in [0.05, 0.1) is 5.41 Å². The molecule has 4 rings (SSSR count). The fraction of sp³-hybridized carbons (Fsp3) is 0.920. The summed E-state index contributed by atoms with van der Waals surface area (Å²) >= 11 is 0. The Balaban J connectivity index is 0.000000181. The quantitative estimate of drug-likeness (QED) is 0.484. The van der Waals surface area contributed by atoms with Gasteiger partial charge in [0.15, 0.2) is 12.6 Å². The molecule has 0 amide bonds. The van der Waals surface area contributed by atoms with E-state index < -0.39 is 11.4 Å². The molecule has 0 heterocycles. The number of fused-ring (bicyclic) bond motifs is 4. The standard InChI is InChI=1S/C13H22O3.C12H20O4/c1-10(14)13-6-4-12(9-13,5-7-13)8-11(15-2)16-3;1-15-9(16-2)7-11-3-5-12(8-11,6-4-11)10(13)14/h11H,4-9H2,1-3H3;9H,3-8H2,1-2H3,(H,13,14). The summed E-state index contributed by atoms with van der Waals surface area (Å²) in [7, 11) is 6.65. The van der Waals surface area contributed by atoms with Crippen LogP contribution in [0.1, 0.15) is 84.0 Å². The Kier molecular flexibility index (Phi) is 7.75. The van der Waals surface area contributed by atoms with Crippen LogP contribution in [-0.4, -0.2) is 57.9 Å². The Morgan fingerprint density at radius 3 is 1.28 bits per heavy atom. The number of methoxy groups -OCH3 is 4. The molecule has 32 heavy (non-hydrogen) atoms. The van der Waals surface area contributed by atoms with Gasteiger partial charge in [0, 0.05) is 46.7 Å². The van der Waals surface area contributed by atoms with Gasteiger partial charge in [-0.15, -0.1) is 0 Å². The van der Waals surface area contributed by atoms with Crippen molar-refractivity contribution in [1.29, 1.82) is 0 Å². The van der Waals surface area contributed by atoms with Gasteiger partial charge in [0.25, 0.3) is 0 Å². The first kappa shape index (κ1) is 25.6. The minimum absolute atomic E-state index is 0.00598. The topological polar surface area (TPSA) is 91.3 Å². The normalized spacial score (nSPS) is 37.2. The lowest BCUT2D eigenvalue weighted by atomic mass is 9.79. The van der Waals surface area contributed by atoms with E-state index in [9.17, 15) is 14.7 Å². The monoisotopic (exact) mass is 454 g/mol. The number of carbonyl (C=O) groups is 2. The Labute approximate surface area is 192 Å². The highest BCUT2D eigenvalue weighted by molar-refractivity contribution is 5.83. The predicted molar refractivity (Wildman–Crippen MR) is 119 cm³/mol. The molecule has 4 aliphatic carbocycles. The van der Waals surface area contributed by atoms with Crippen molar-refractivity contribution >= 4 is 11.8 Å². The van der Waals surface area contributed by atoms with Gasteiger partial charge in [-0.2, -0.15) is 0 Å². The number of aliphatic carboxylic acids is 1. The average Bonchev–Trinajstić information content (AvgIpc) is 3.55. The lowest BCUT2D eigenvalue weighted by molar-refractivity contribution is -0.148. The summed E-state index contributed by atoms with van der Waals surface area (Å²) in [5, 5.41) is 9.29. The molecule has 0 radical (unpaired) electrons. The van der Waals surface area contributed by atoms with E-state index in [-0.39, 0.29) is 23.4 Å². The van der Waals surface area contributed by atoms with Gasteiger partial charge in [-0.05, 0) is 82.0 Å². The van der Waals surface area contributed by atoms with E-state index >= 15 is 0 Å². The van der Waals surface area contributed by atoms with Gasteiger partial charge in [-0.3, -0.25) is 9.59 Å². The number of ketones is 1. The highest BCUT2D eigenvalue weighted by atomic mass is 16.7. The zero-order chi connectivity index (χ0) is 23.6. The van der Waals surface area contributed by atoms with Crippen LogP contribution in [0.3, 0.4) is 0 Å². The number of carboxylic acid groups (broad SMARTS) is 1. The summed E-state index contributed by atoms with van der Waals surface area (Å²) in [4.78, 5) is 23.0. The van der Waals surface area contributed by atoms with Crippen LogP contribution in [0.2, 0.25) is 0 Å². The van der Waals surface area contributed by atoms with Crippen molar-refractivity contribution in [1.82, 2.24) is 0 Å². The molecule has 184 valence electrons. The number of hydrogen-bond donors (Lipinski definition) is 1. The fourth-order valence-electron chi connectivity index (χ4n) is 7.21. The summed E-state index contributed by atoms with van der Waals surface area (Å²) in [6, 6.07) is 0. The number of Topliss-reactive ketones (excluding diaryl/α,β-unsaturated/α-hetero) is 1. The minimum Gasteiger partial charge on any atom is -0.481 e.